The molecule has 0 bridgehead atoms. The zero-order valence-corrected chi connectivity index (χ0v) is 16.2. The van der Waals surface area contributed by atoms with Crippen LogP contribution in [0.25, 0.3) is 21.3 Å². The van der Waals surface area contributed by atoms with Crippen molar-refractivity contribution in [1.29, 1.82) is 0 Å². The molecular formula is C19H17ClN2OS2. The molecule has 1 aliphatic carbocycles. The van der Waals surface area contributed by atoms with Crippen LogP contribution in [-0.2, 0) is 12.8 Å². The summed E-state index contributed by atoms with van der Waals surface area (Å²) in [5.41, 5.74) is 2.10. The third-order valence-corrected chi connectivity index (χ3v) is 6.68. The monoisotopic (exact) mass is 388 g/mol. The molecule has 0 radical (unpaired) electrons. The quantitative estimate of drug-likeness (QED) is 0.617. The Hall–Kier alpha value is -1.56. The molecule has 1 aliphatic rings. The Morgan fingerprint density at radius 1 is 1.28 bits per heavy atom. The van der Waals surface area contributed by atoms with E-state index in [9.17, 15) is 4.79 Å². The van der Waals surface area contributed by atoms with Gasteiger partial charge in [0.2, 0.25) is 0 Å². The predicted molar refractivity (Wildman–Crippen MR) is 109 cm³/mol. The second kappa shape index (κ2) is 6.98. The number of fused-ring (bicyclic) bond motifs is 3. The molecule has 0 aliphatic heterocycles. The van der Waals surface area contributed by atoms with Crippen molar-refractivity contribution in [3.05, 3.63) is 56.4 Å². The maximum atomic E-state index is 12.6. The van der Waals surface area contributed by atoms with Gasteiger partial charge in [0.25, 0.3) is 5.56 Å². The van der Waals surface area contributed by atoms with Gasteiger partial charge >= 0.3 is 0 Å². The molecule has 0 atom stereocenters. The number of thiophene rings is 1. The second-order valence-corrected chi connectivity index (χ2v) is 8.44. The van der Waals surface area contributed by atoms with Crippen molar-refractivity contribution in [3.8, 4) is 0 Å². The fourth-order valence-corrected chi connectivity index (χ4v) is 5.08. The maximum Gasteiger partial charge on any atom is 0.260 e. The molecule has 3 nitrogen and oxygen atoms in total. The second-order valence-electron chi connectivity index (χ2n) is 6.07. The largest absolute Gasteiger partial charge is 0.305 e. The van der Waals surface area contributed by atoms with Gasteiger partial charge in [0.05, 0.1) is 10.4 Å². The lowest BCUT2D eigenvalue weighted by Gasteiger charge is -2.09. The molecule has 2 heterocycles. The Bertz CT molecular complexity index is 1020. The normalized spacial score (nSPS) is 14.7. The summed E-state index contributed by atoms with van der Waals surface area (Å²) in [7, 11) is 0. The zero-order valence-electron chi connectivity index (χ0n) is 13.8. The number of H-pyrrole nitrogens is 1. The molecule has 0 amide bonds. The molecule has 6 heteroatoms. The molecule has 0 unspecified atom stereocenters. The molecule has 128 valence electrons. The number of benzene rings is 1. The van der Waals surface area contributed by atoms with Crippen molar-refractivity contribution in [2.75, 3.05) is 6.26 Å². The van der Waals surface area contributed by atoms with E-state index in [4.69, 9.17) is 11.6 Å². The Labute approximate surface area is 159 Å². The Morgan fingerprint density at radius 3 is 2.80 bits per heavy atom. The number of rotatable bonds is 3. The molecule has 1 N–H and O–H groups in total. The van der Waals surface area contributed by atoms with Crippen molar-refractivity contribution in [2.24, 2.45) is 0 Å². The number of hydrogen-bond donors (Lipinski definition) is 1. The van der Waals surface area contributed by atoms with Gasteiger partial charge in [0.15, 0.2) is 5.82 Å². The minimum absolute atomic E-state index is 0.0799. The van der Waals surface area contributed by atoms with E-state index in [1.165, 1.54) is 21.8 Å². The lowest BCUT2D eigenvalue weighted by Crippen LogP contribution is -2.12. The van der Waals surface area contributed by atoms with E-state index in [0.29, 0.717) is 10.9 Å². The molecule has 1 aromatic carbocycles. The average molecular weight is 389 g/mol. The highest BCUT2D eigenvalue weighted by atomic mass is 35.5. The maximum absolute atomic E-state index is 12.6. The molecule has 0 fully saturated rings. The minimum atomic E-state index is -0.0799. The van der Waals surface area contributed by atoms with E-state index in [-0.39, 0.29) is 5.56 Å². The number of thioether (sulfide) groups is 1. The highest BCUT2D eigenvalue weighted by Gasteiger charge is 2.20. The summed E-state index contributed by atoms with van der Waals surface area (Å²) in [4.78, 5) is 23.4. The highest BCUT2D eigenvalue weighted by Crippen LogP contribution is 2.34. The molecule has 0 spiro atoms. The minimum Gasteiger partial charge on any atom is -0.305 e. The third kappa shape index (κ3) is 3.28. The number of nitrogens with one attached hydrogen (secondary N) is 1. The Balaban J connectivity index is 1.75. The SMILES string of the molecule is CSc1ccc(C=C(Cl)c2nc3sc4c(c3c(=O)[nH]2)CCCC4)cc1. The van der Waals surface area contributed by atoms with E-state index < -0.39 is 0 Å². The van der Waals surface area contributed by atoms with Crippen LogP contribution in [0.15, 0.2) is 34.0 Å². The van der Waals surface area contributed by atoms with Crippen LogP contribution in [0.1, 0.15) is 34.7 Å². The van der Waals surface area contributed by atoms with E-state index >= 15 is 0 Å². The van der Waals surface area contributed by atoms with Crippen molar-refractivity contribution in [1.82, 2.24) is 9.97 Å². The van der Waals surface area contributed by atoms with Crippen LogP contribution < -0.4 is 5.56 Å². The number of aromatic nitrogens is 2. The number of nitrogens with zero attached hydrogens (tertiary/aromatic N) is 1. The van der Waals surface area contributed by atoms with Crippen molar-refractivity contribution < 1.29 is 0 Å². The van der Waals surface area contributed by atoms with Gasteiger partial charge in [-0.2, -0.15) is 0 Å². The van der Waals surface area contributed by atoms with Gasteiger partial charge in [-0.05, 0) is 61.3 Å². The van der Waals surface area contributed by atoms with E-state index in [2.05, 4.69) is 9.97 Å². The molecule has 4 rings (SSSR count). The molecule has 0 saturated heterocycles. The summed E-state index contributed by atoms with van der Waals surface area (Å²) in [6.45, 7) is 0. The van der Waals surface area contributed by atoms with Crippen molar-refractivity contribution in [2.45, 2.75) is 30.6 Å². The molecule has 2 aromatic heterocycles. The first-order valence-electron chi connectivity index (χ1n) is 8.22. The van der Waals surface area contributed by atoms with Gasteiger partial charge in [-0.25, -0.2) is 4.98 Å². The van der Waals surface area contributed by atoms with E-state index in [1.807, 2.05) is 36.6 Å². The first kappa shape index (κ1) is 16.9. The van der Waals surface area contributed by atoms with E-state index in [0.717, 1.165) is 35.0 Å². The van der Waals surface area contributed by atoms with Gasteiger partial charge in [0.1, 0.15) is 4.83 Å². The average Bonchev–Trinajstić information content (AvgIpc) is 3.01. The fourth-order valence-electron chi connectivity index (χ4n) is 3.19. The van der Waals surface area contributed by atoms with Crippen LogP contribution in [0, 0.1) is 0 Å². The number of aromatic amines is 1. The summed E-state index contributed by atoms with van der Waals surface area (Å²) < 4.78 is 0. The summed E-state index contributed by atoms with van der Waals surface area (Å²) in [6, 6.07) is 8.12. The third-order valence-electron chi connectivity index (χ3n) is 4.46. The number of halogens is 1. The summed E-state index contributed by atoms with van der Waals surface area (Å²) in [5.74, 6) is 0.437. The smallest absolute Gasteiger partial charge is 0.260 e. The van der Waals surface area contributed by atoms with Crippen LogP contribution in [0.3, 0.4) is 0 Å². The standard InChI is InChI=1S/C19H17ClN2OS2/c1-24-12-8-6-11(7-9-12)10-14(20)17-21-18(23)16-13-4-2-3-5-15(13)25-19(16)22-17/h6-10H,2-5H2,1H3,(H,21,22,23). The zero-order chi connectivity index (χ0) is 17.4. The van der Waals surface area contributed by atoms with Crippen LogP contribution in [0.4, 0.5) is 0 Å². The molecule has 25 heavy (non-hydrogen) atoms. The molecular weight excluding hydrogens is 372 g/mol. The van der Waals surface area contributed by atoms with Gasteiger partial charge in [-0.1, -0.05) is 23.7 Å². The molecule has 3 aromatic rings. The number of aryl methyl sites for hydroxylation is 2. The first-order chi connectivity index (χ1) is 12.2. The van der Waals surface area contributed by atoms with E-state index in [1.54, 1.807) is 23.1 Å². The summed E-state index contributed by atoms with van der Waals surface area (Å²) >= 11 is 9.78. The summed E-state index contributed by atoms with van der Waals surface area (Å²) in [5, 5.41) is 1.21. The number of hydrogen-bond acceptors (Lipinski definition) is 4. The van der Waals surface area contributed by atoms with Gasteiger partial charge in [0, 0.05) is 9.77 Å². The van der Waals surface area contributed by atoms with Gasteiger partial charge in [-0.3, -0.25) is 4.79 Å². The predicted octanol–water partition coefficient (Wildman–Crippen LogP) is 5.32. The van der Waals surface area contributed by atoms with Crippen LogP contribution in [-0.4, -0.2) is 16.2 Å². The van der Waals surface area contributed by atoms with Crippen molar-refractivity contribution in [3.63, 3.8) is 0 Å². The Morgan fingerprint density at radius 2 is 2.04 bits per heavy atom. The van der Waals surface area contributed by atoms with Gasteiger partial charge in [-0.15, -0.1) is 23.1 Å². The van der Waals surface area contributed by atoms with Crippen LogP contribution in [0.2, 0.25) is 0 Å². The highest BCUT2D eigenvalue weighted by molar-refractivity contribution is 7.98. The van der Waals surface area contributed by atoms with Crippen LogP contribution >= 0.6 is 34.7 Å². The fraction of sp³-hybridized carbons (Fsp3) is 0.263. The first-order valence-corrected chi connectivity index (χ1v) is 10.6. The topological polar surface area (TPSA) is 45.8 Å². The lowest BCUT2D eigenvalue weighted by atomic mass is 9.97. The van der Waals surface area contributed by atoms with Crippen LogP contribution in [0.5, 0.6) is 0 Å². The molecule has 0 saturated carbocycles. The van der Waals surface area contributed by atoms with Gasteiger partial charge < -0.3 is 4.98 Å². The van der Waals surface area contributed by atoms with Crippen molar-refractivity contribution >= 4 is 56.0 Å². The summed E-state index contributed by atoms with van der Waals surface area (Å²) in [6.07, 6.45) is 8.25. The lowest BCUT2D eigenvalue weighted by molar-refractivity contribution is 0.700. The Kier molecular flexibility index (Phi) is 4.71.